The molecule has 6 nitrogen and oxygen atoms in total. The zero-order valence-electron chi connectivity index (χ0n) is 16.7. The summed E-state index contributed by atoms with van der Waals surface area (Å²) in [7, 11) is -3.30. The lowest BCUT2D eigenvalue weighted by Gasteiger charge is -2.17. The monoisotopic (exact) mass is 421 g/mol. The molecule has 0 bridgehead atoms. The molecule has 3 aromatic rings. The van der Waals surface area contributed by atoms with Gasteiger partial charge in [-0.2, -0.15) is 4.99 Å². The van der Waals surface area contributed by atoms with Crippen LogP contribution < -0.4 is 9.79 Å². The van der Waals surface area contributed by atoms with E-state index in [1.54, 1.807) is 30.3 Å². The van der Waals surface area contributed by atoms with Gasteiger partial charge in [-0.05, 0) is 49.2 Å². The Morgan fingerprint density at radius 3 is 2.57 bits per heavy atom. The number of pyridine rings is 1. The molecule has 4 rings (SSSR count). The first-order valence-corrected chi connectivity index (χ1v) is 11.4. The van der Waals surface area contributed by atoms with Crippen LogP contribution in [0.3, 0.4) is 0 Å². The van der Waals surface area contributed by atoms with Gasteiger partial charge >= 0.3 is 0 Å². The number of nitrogens with zero attached hydrogens (tertiary/aromatic N) is 3. The molecule has 154 valence electrons. The van der Waals surface area contributed by atoms with Gasteiger partial charge in [0.2, 0.25) is 10.0 Å². The van der Waals surface area contributed by atoms with Crippen LogP contribution in [0.5, 0.6) is 0 Å². The predicted octanol–water partition coefficient (Wildman–Crippen LogP) is 3.13. The molecule has 1 amide bonds. The van der Waals surface area contributed by atoms with Gasteiger partial charge in [0.05, 0.1) is 11.4 Å². The Hall–Kier alpha value is -3.19. The molecule has 1 aromatic heterocycles. The second kappa shape index (κ2) is 8.28. The normalized spacial score (nSPS) is 16.0. The van der Waals surface area contributed by atoms with Crippen LogP contribution in [0.15, 0.2) is 77.9 Å². The zero-order chi connectivity index (χ0) is 21.1. The van der Waals surface area contributed by atoms with Gasteiger partial charge in [-0.3, -0.25) is 9.10 Å². The summed E-state index contributed by atoms with van der Waals surface area (Å²) in [5.41, 5.74) is 3.72. The molecular weight excluding hydrogens is 398 g/mol. The van der Waals surface area contributed by atoms with E-state index in [1.165, 1.54) is 9.87 Å². The first-order valence-electron chi connectivity index (χ1n) is 9.83. The number of hydrogen-bond acceptors (Lipinski definition) is 3. The molecule has 7 heteroatoms. The molecule has 0 atom stereocenters. The number of aryl methyl sites for hydroxylation is 1. The molecule has 30 heavy (non-hydrogen) atoms. The van der Waals surface area contributed by atoms with Crippen molar-refractivity contribution in [2.75, 3.05) is 16.6 Å². The summed E-state index contributed by atoms with van der Waals surface area (Å²) in [5, 5.41) is 0. The number of carbonyl (C=O) groups excluding carboxylic acids is 1. The Labute approximate surface area is 176 Å². The second-order valence-corrected chi connectivity index (χ2v) is 9.39. The number of hydrogen-bond donors (Lipinski definition) is 0. The van der Waals surface area contributed by atoms with Crippen LogP contribution in [-0.4, -0.2) is 31.2 Å². The van der Waals surface area contributed by atoms with Crippen molar-refractivity contribution in [2.45, 2.75) is 19.9 Å². The third-order valence-corrected chi connectivity index (χ3v) is 6.96. The summed E-state index contributed by atoms with van der Waals surface area (Å²) in [6.45, 7) is 3.08. The maximum absolute atomic E-state index is 12.8. The van der Waals surface area contributed by atoms with Crippen LogP contribution in [0, 0.1) is 6.92 Å². The topological polar surface area (TPSA) is 71.7 Å². The lowest BCUT2D eigenvalue weighted by atomic mass is 10.1. The van der Waals surface area contributed by atoms with Crippen molar-refractivity contribution in [2.24, 2.45) is 4.99 Å². The Bertz CT molecular complexity index is 1240. The standard InChI is InChI=1S/C23H23N3O3S/c1-18-9-11-19(12-10-18)17-25-13-3-2-8-22(25)24-23(27)20-6-4-7-21(16-20)26-14-5-15-30(26,28)29/h2-4,6-13,16H,5,14-15,17H2,1H3. The highest BCUT2D eigenvalue weighted by molar-refractivity contribution is 7.93. The highest BCUT2D eigenvalue weighted by Crippen LogP contribution is 2.24. The van der Waals surface area contributed by atoms with Crippen molar-refractivity contribution in [3.63, 3.8) is 0 Å². The van der Waals surface area contributed by atoms with Crippen LogP contribution >= 0.6 is 0 Å². The van der Waals surface area contributed by atoms with Crippen LogP contribution in [0.1, 0.15) is 27.9 Å². The molecule has 1 fully saturated rings. The van der Waals surface area contributed by atoms with Crippen LogP contribution in [0.4, 0.5) is 5.69 Å². The van der Waals surface area contributed by atoms with Crippen molar-refractivity contribution in [3.05, 3.63) is 95.1 Å². The first-order chi connectivity index (χ1) is 14.4. The number of anilines is 1. The highest BCUT2D eigenvalue weighted by Gasteiger charge is 2.28. The number of rotatable bonds is 4. The van der Waals surface area contributed by atoms with E-state index in [0.717, 1.165) is 5.56 Å². The summed E-state index contributed by atoms with van der Waals surface area (Å²) >= 11 is 0. The van der Waals surface area contributed by atoms with Crippen LogP contribution in [0.25, 0.3) is 0 Å². The Morgan fingerprint density at radius 2 is 1.83 bits per heavy atom. The molecule has 1 aliphatic heterocycles. The average Bonchev–Trinajstić information content (AvgIpc) is 3.10. The third-order valence-electron chi connectivity index (χ3n) is 5.09. The predicted molar refractivity (Wildman–Crippen MR) is 117 cm³/mol. The molecule has 0 N–H and O–H groups in total. The van der Waals surface area contributed by atoms with Crippen LogP contribution in [0.2, 0.25) is 0 Å². The third kappa shape index (κ3) is 4.36. The second-order valence-electron chi connectivity index (χ2n) is 7.38. The number of sulfonamides is 1. The van der Waals surface area contributed by atoms with Crippen molar-refractivity contribution < 1.29 is 13.2 Å². The molecular formula is C23H23N3O3S. The molecule has 0 radical (unpaired) electrons. The fourth-order valence-electron chi connectivity index (χ4n) is 3.48. The van der Waals surface area contributed by atoms with Gasteiger partial charge in [0.1, 0.15) is 5.49 Å². The Kier molecular flexibility index (Phi) is 5.55. The fraction of sp³-hybridized carbons (Fsp3) is 0.217. The molecule has 0 saturated carbocycles. The van der Waals surface area contributed by atoms with Gasteiger partial charge < -0.3 is 4.57 Å². The minimum absolute atomic E-state index is 0.137. The fourth-order valence-corrected chi connectivity index (χ4v) is 5.04. The van der Waals surface area contributed by atoms with Gasteiger partial charge in [-0.15, -0.1) is 0 Å². The number of carbonyl (C=O) groups is 1. The zero-order valence-corrected chi connectivity index (χ0v) is 17.5. The average molecular weight is 422 g/mol. The van der Waals surface area contributed by atoms with E-state index in [-0.39, 0.29) is 5.75 Å². The molecule has 1 saturated heterocycles. The molecule has 2 aromatic carbocycles. The molecule has 0 spiro atoms. The van der Waals surface area contributed by atoms with E-state index in [9.17, 15) is 13.2 Å². The molecule has 1 aliphatic rings. The molecule has 2 heterocycles. The van der Waals surface area contributed by atoms with E-state index in [4.69, 9.17) is 0 Å². The summed E-state index contributed by atoms with van der Waals surface area (Å²) in [4.78, 5) is 17.1. The SMILES string of the molecule is Cc1ccc(Cn2ccccc2=NC(=O)c2cccc(N3CCCS3(=O)=O)c2)cc1. The molecule has 0 unspecified atom stereocenters. The summed E-state index contributed by atoms with van der Waals surface area (Å²) in [6, 6.07) is 20.4. The highest BCUT2D eigenvalue weighted by atomic mass is 32.2. The Morgan fingerprint density at radius 1 is 1.03 bits per heavy atom. The van der Waals surface area contributed by atoms with Crippen molar-refractivity contribution in [1.82, 2.24) is 4.57 Å². The minimum atomic E-state index is -3.30. The maximum Gasteiger partial charge on any atom is 0.279 e. The van der Waals surface area contributed by atoms with Gasteiger partial charge in [0.25, 0.3) is 5.91 Å². The van der Waals surface area contributed by atoms with Crippen LogP contribution in [-0.2, 0) is 16.6 Å². The van der Waals surface area contributed by atoms with Crippen molar-refractivity contribution in [1.29, 1.82) is 0 Å². The Balaban J connectivity index is 1.64. The van der Waals surface area contributed by atoms with Crippen molar-refractivity contribution in [3.8, 4) is 0 Å². The van der Waals surface area contributed by atoms with Gasteiger partial charge in [-0.1, -0.05) is 42.0 Å². The summed E-state index contributed by atoms with van der Waals surface area (Å²) < 4.78 is 27.7. The summed E-state index contributed by atoms with van der Waals surface area (Å²) in [5.74, 6) is -0.268. The summed E-state index contributed by atoms with van der Waals surface area (Å²) in [6.07, 6.45) is 2.48. The lowest BCUT2D eigenvalue weighted by molar-refractivity contribution is 0.0997. The number of aromatic nitrogens is 1. The number of amides is 1. The number of benzene rings is 2. The largest absolute Gasteiger partial charge is 0.328 e. The molecule has 0 aliphatic carbocycles. The van der Waals surface area contributed by atoms with E-state index in [1.807, 2.05) is 29.8 Å². The minimum Gasteiger partial charge on any atom is -0.328 e. The van der Waals surface area contributed by atoms with Crippen molar-refractivity contribution >= 4 is 21.6 Å². The van der Waals surface area contributed by atoms with Gasteiger partial charge in [-0.25, -0.2) is 8.42 Å². The van der Waals surface area contributed by atoms with Gasteiger partial charge in [0, 0.05) is 24.8 Å². The maximum atomic E-state index is 12.8. The first kappa shape index (κ1) is 20.1. The van der Waals surface area contributed by atoms with E-state index < -0.39 is 15.9 Å². The van der Waals surface area contributed by atoms with Gasteiger partial charge in [0.15, 0.2) is 0 Å². The van der Waals surface area contributed by atoms with E-state index >= 15 is 0 Å². The quantitative estimate of drug-likeness (QED) is 0.650. The van der Waals surface area contributed by atoms with E-state index in [2.05, 4.69) is 29.3 Å². The van der Waals surface area contributed by atoms with E-state index in [0.29, 0.717) is 36.2 Å². The lowest BCUT2D eigenvalue weighted by Crippen LogP contribution is -2.25. The smallest absolute Gasteiger partial charge is 0.279 e.